The number of aromatic amines is 2. The fraction of sp³-hybridized carbons (Fsp3) is 0.176. The monoisotopic (exact) mass is 282 g/mol. The molecule has 2 N–H and O–H groups in total. The summed E-state index contributed by atoms with van der Waals surface area (Å²) in [7, 11) is 3.33. The molecular formula is C17H18N2O2. The van der Waals surface area contributed by atoms with Crippen molar-refractivity contribution in [3.8, 4) is 11.5 Å². The van der Waals surface area contributed by atoms with E-state index < -0.39 is 0 Å². The molecule has 21 heavy (non-hydrogen) atoms. The van der Waals surface area contributed by atoms with Crippen LogP contribution in [0.25, 0.3) is 0 Å². The molecule has 0 unspecified atom stereocenters. The minimum Gasteiger partial charge on any atom is -0.497 e. The van der Waals surface area contributed by atoms with Crippen molar-refractivity contribution in [2.24, 2.45) is 0 Å². The van der Waals surface area contributed by atoms with Crippen LogP contribution in [0.15, 0.2) is 54.9 Å². The number of benzene rings is 1. The Hall–Kier alpha value is -2.62. The lowest BCUT2D eigenvalue weighted by molar-refractivity contribution is 0.390. The Labute approximate surface area is 123 Å². The van der Waals surface area contributed by atoms with E-state index in [-0.39, 0.29) is 5.92 Å². The summed E-state index contributed by atoms with van der Waals surface area (Å²) < 4.78 is 10.8. The molecule has 4 nitrogen and oxygen atoms in total. The zero-order chi connectivity index (χ0) is 14.7. The minimum absolute atomic E-state index is 0.0656. The molecule has 0 aliphatic heterocycles. The maximum Gasteiger partial charge on any atom is 0.126 e. The van der Waals surface area contributed by atoms with Gasteiger partial charge < -0.3 is 19.4 Å². The summed E-state index contributed by atoms with van der Waals surface area (Å²) in [5.74, 6) is 1.66. The van der Waals surface area contributed by atoms with Gasteiger partial charge in [0, 0.05) is 35.4 Å². The molecule has 3 rings (SSSR count). The highest BCUT2D eigenvalue weighted by Crippen LogP contribution is 2.37. The van der Waals surface area contributed by atoms with E-state index in [2.05, 4.69) is 22.1 Å². The van der Waals surface area contributed by atoms with E-state index in [0.29, 0.717) is 0 Å². The van der Waals surface area contributed by atoms with Crippen LogP contribution in [0, 0.1) is 0 Å². The van der Waals surface area contributed by atoms with Gasteiger partial charge in [0.2, 0.25) is 0 Å². The van der Waals surface area contributed by atoms with Gasteiger partial charge in [-0.2, -0.15) is 0 Å². The van der Waals surface area contributed by atoms with Crippen LogP contribution in [0.5, 0.6) is 11.5 Å². The van der Waals surface area contributed by atoms with E-state index in [1.54, 1.807) is 14.2 Å². The number of nitrogens with one attached hydrogen (secondary N) is 2. The lowest BCUT2D eigenvalue weighted by atomic mass is 9.91. The smallest absolute Gasteiger partial charge is 0.126 e. The van der Waals surface area contributed by atoms with Crippen LogP contribution >= 0.6 is 0 Å². The number of methoxy groups -OCH3 is 2. The predicted molar refractivity (Wildman–Crippen MR) is 82.1 cm³/mol. The van der Waals surface area contributed by atoms with Crippen molar-refractivity contribution >= 4 is 0 Å². The first kappa shape index (κ1) is 13.4. The van der Waals surface area contributed by atoms with Gasteiger partial charge in [0.25, 0.3) is 0 Å². The van der Waals surface area contributed by atoms with Gasteiger partial charge in [0.05, 0.1) is 20.1 Å². The Balaban J connectivity index is 2.13. The standard InChI is InChI=1S/C17H18N2O2/c1-20-12-7-8-13(16(11-12)21-2)17(14-5-3-9-18-14)15-6-4-10-19-15/h3-11,17-19H,1-2H3. The molecule has 0 saturated heterocycles. The van der Waals surface area contributed by atoms with Gasteiger partial charge in [-0.05, 0) is 30.3 Å². The third-order valence-electron chi connectivity index (χ3n) is 3.62. The van der Waals surface area contributed by atoms with Crippen molar-refractivity contribution in [3.05, 3.63) is 71.8 Å². The number of H-pyrrole nitrogens is 2. The molecule has 0 spiro atoms. The summed E-state index contributed by atoms with van der Waals surface area (Å²) in [5.41, 5.74) is 3.31. The van der Waals surface area contributed by atoms with E-state index in [1.165, 1.54) is 0 Å². The van der Waals surface area contributed by atoms with E-state index in [1.807, 2.05) is 42.7 Å². The number of rotatable bonds is 5. The molecule has 0 radical (unpaired) electrons. The Morgan fingerprint density at radius 3 is 2.00 bits per heavy atom. The number of aromatic nitrogens is 2. The van der Waals surface area contributed by atoms with Crippen molar-refractivity contribution in [1.82, 2.24) is 9.97 Å². The normalized spacial score (nSPS) is 10.8. The third-order valence-corrected chi connectivity index (χ3v) is 3.62. The van der Waals surface area contributed by atoms with Gasteiger partial charge in [-0.25, -0.2) is 0 Å². The SMILES string of the molecule is COc1ccc(C(c2ccc[nH]2)c2ccc[nH]2)c(OC)c1. The Kier molecular flexibility index (Phi) is 3.69. The summed E-state index contributed by atoms with van der Waals surface area (Å²) in [4.78, 5) is 6.59. The quantitative estimate of drug-likeness (QED) is 0.752. The molecule has 0 amide bonds. The average Bonchev–Trinajstić information content (AvgIpc) is 3.21. The van der Waals surface area contributed by atoms with Crippen LogP contribution in [0.3, 0.4) is 0 Å². The van der Waals surface area contributed by atoms with Crippen LogP contribution < -0.4 is 9.47 Å². The van der Waals surface area contributed by atoms with Crippen molar-refractivity contribution in [2.75, 3.05) is 14.2 Å². The minimum atomic E-state index is 0.0656. The summed E-state index contributed by atoms with van der Waals surface area (Å²) in [6.45, 7) is 0. The predicted octanol–water partition coefficient (Wildman–Crippen LogP) is 3.54. The van der Waals surface area contributed by atoms with Gasteiger partial charge in [-0.3, -0.25) is 0 Å². The number of hydrogen-bond donors (Lipinski definition) is 2. The fourth-order valence-corrected chi connectivity index (χ4v) is 2.61. The van der Waals surface area contributed by atoms with Gasteiger partial charge in [-0.1, -0.05) is 6.07 Å². The molecular weight excluding hydrogens is 264 g/mol. The molecule has 2 aromatic heterocycles. The zero-order valence-electron chi connectivity index (χ0n) is 12.1. The van der Waals surface area contributed by atoms with Crippen molar-refractivity contribution in [3.63, 3.8) is 0 Å². The molecule has 0 aliphatic rings. The average molecular weight is 282 g/mol. The highest BCUT2D eigenvalue weighted by Gasteiger charge is 2.22. The van der Waals surface area contributed by atoms with E-state index in [4.69, 9.17) is 9.47 Å². The molecule has 4 heteroatoms. The first-order valence-electron chi connectivity index (χ1n) is 6.82. The summed E-state index contributed by atoms with van der Waals surface area (Å²) in [5, 5.41) is 0. The Bertz CT molecular complexity index is 653. The van der Waals surface area contributed by atoms with Gasteiger partial charge in [0.15, 0.2) is 0 Å². The molecule has 0 aliphatic carbocycles. The lowest BCUT2D eigenvalue weighted by Gasteiger charge is -2.19. The topological polar surface area (TPSA) is 50.0 Å². The first-order chi connectivity index (χ1) is 10.3. The van der Waals surface area contributed by atoms with Gasteiger partial charge in [-0.15, -0.1) is 0 Å². The van der Waals surface area contributed by atoms with E-state index >= 15 is 0 Å². The van der Waals surface area contributed by atoms with Crippen molar-refractivity contribution < 1.29 is 9.47 Å². The molecule has 1 aromatic carbocycles. The van der Waals surface area contributed by atoms with E-state index in [0.717, 1.165) is 28.5 Å². The second-order valence-electron chi connectivity index (χ2n) is 4.79. The number of ether oxygens (including phenoxy) is 2. The molecule has 0 atom stereocenters. The Morgan fingerprint density at radius 1 is 0.857 bits per heavy atom. The molecule has 108 valence electrons. The molecule has 0 fully saturated rings. The van der Waals surface area contributed by atoms with Crippen LogP contribution in [0.4, 0.5) is 0 Å². The van der Waals surface area contributed by atoms with Gasteiger partial charge >= 0.3 is 0 Å². The molecule has 3 aromatic rings. The molecule has 2 heterocycles. The first-order valence-corrected chi connectivity index (χ1v) is 6.82. The maximum absolute atomic E-state index is 5.56. The second-order valence-corrected chi connectivity index (χ2v) is 4.79. The van der Waals surface area contributed by atoms with Crippen LogP contribution in [0.2, 0.25) is 0 Å². The highest BCUT2D eigenvalue weighted by atomic mass is 16.5. The summed E-state index contributed by atoms with van der Waals surface area (Å²) >= 11 is 0. The fourth-order valence-electron chi connectivity index (χ4n) is 2.61. The summed E-state index contributed by atoms with van der Waals surface area (Å²) in [6, 6.07) is 14.1. The van der Waals surface area contributed by atoms with Crippen LogP contribution in [-0.2, 0) is 0 Å². The number of hydrogen-bond acceptors (Lipinski definition) is 2. The van der Waals surface area contributed by atoms with Crippen molar-refractivity contribution in [1.29, 1.82) is 0 Å². The summed E-state index contributed by atoms with van der Waals surface area (Å²) in [6.07, 6.45) is 3.86. The van der Waals surface area contributed by atoms with Crippen molar-refractivity contribution in [2.45, 2.75) is 5.92 Å². The second kappa shape index (κ2) is 5.79. The lowest BCUT2D eigenvalue weighted by Crippen LogP contribution is -2.06. The highest BCUT2D eigenvalue weighted by molar-refractivity contribution is 5.49. The molecule has 0 bridgehead atoms. The Morgan fingerprint density at radius 2 is 1.52 bits per heavy atom. The zero-order valence-corrected chi connectivity index (χ0v) is 12.1. The van der Waals surface area contributed by atoms with E-state index in [9.17, 15) is 0 Å². The maximum atomic E-state index is 5.56. The van der Waals surface area contributed by atoms with Gasteiger partial charge in [0.1, 0.15) is 11.5 Å². The molecule has 0 saturated carbocycles. The largest absolute Gasteiger partial charge is 0.497 e. The van der Waals surface area contributed by atoms with Crippen LogP contribution in [0.1, 0.15) is 22.9 Å². The third kappa shape index (κ3) is 2.52. The van der Waals surface area contributed by atoms with Crippen LogP contribution in [-0.4, -0.2) is 24.2 Å².